The van der Waals surface area contributed by atoms with E-state index in [4.69, 9.17) is 9.72 Å². The van der Waals surface area contributed by atoms with Crippen molar-refractivity contribution in [2.45, 2.75) is 45.6 Å². The number of anilines is 1. The predicted octanol–water partition coefficient (Wildman–Crippen LogP) is 3.08. The van der Waals surface area contributed by atoms with Crippen molar-refractivity contribution in [3.63, 3.8) is 0 Å². The van der Waals surface area contributed by atoms with Crippen molar-refractivity contribution in [2.24, 2.45) is 0 Å². The molecule has 0 saturated carbocycles. The number of hydrogen-bond acceptors (Lipinski definition) is 5. The quantitative estimate of drug-likeness (QED) is 0.796. The Morgan fingerprint density at radius 1 is 1.63 bits per heavy atom. The van der Waals surface area contributed by atoms with Gasteiger partial charge in [-0.2, -0.15) is 0 Å². The highest BCUT2D eigenvalue weighted by atomic mass is 32.1. The zero-order valence-corrected chi connectivity index (χ0v) is 12.7. The second-order valence-electron chi connectivity index (χ2n) is 5.15. The molecule has 1 aromatic heterocycles. The molecule has 1 saturated heterocycles. The van der Waals surface area contributed by atoms with E-state index in [-0.39, 0.29) is 6.10 Å². The van der Waals surface area contributed by atoms with Gasteiger partial charge in [-0.15, -0.1) is 0 Å². The van der Waals surface area contributed by atoms with Crippen LogP contribution >= 0.6 is 11.3 Å². The first-order valence-corrected chi connectivity index (χ1v) is 7.79. The number of thiazole rings is 1. The van der Waals surface area contributed by atoms with Gasteiger partial charge in [0.25, 0.3) is 0 Å². The topological polar surface area (TPSA) is 42.4 Å². The number of carbonyl (C=O) groups is 1. The first kappa shape index (κ1) is 14.5. The fourth-order valence-electron chi connectivity index (χ4n) is 2.27. The van der Waals surface area contributed by atoms with Crippen molar-refractivity contribution >= 4 is 22.8 Å². The smallest absolute Gasteiger partial charge is 0.186 e. The largest absolute Gasteiger partial charge is 0.377 e. The molecule has 0 N–H and O–H groups in total. The van der Waals surface area contributed by atoms with E-state index < -0.39 is 0 Å². The van der Waals surface area contributed by atoms with Crippen LogP contribution in [0.15, 0.2) is 0 Å². The number of aromatic nitrogens is 1. The summed E-state index contributed by atoms with van der Waals surface area (Å²) < 4.78 is 5.65. The summed E-state index contributed by atoms with van der Waals surface area (Å²) in [6.07, 6.45) is 3.18. The van der Waals surface area contributed by atoms with E-state index in [2.05, 4.69) is 25.7 Å². The van der Waals surface area contributed by atoms with Gasteiger partial charge in [-0.25, -0.2) is 4.98 Å². The van der Waals surface area contributed by atoms with Gasteiger partial charge in [0.1, 0.15) is 0 Å². The molecule has 1 aliphatic heterocycles. The molecule has 2 heterocycles. The number of aldehydes is 1. The summed E-state index contributed by atoms with van der Waals surface area (Å²) in [5, 5.41) is 0.967. The van der Waals surface area contributed by atoms with Crippen LogP contribution < -0.4 is 4.90 Å². The van der Waals surface area contributed by atoms with Crippen LogP contribution in [-0.4, -0.2) is 37.1 Å². The molecule has 4 nitrogen and oxygen atoms in total. The van der Waals surface area contributed by atoms with Gasteiger partial charge < -0.3 is 9.64 Å². The van der Waals surface area contributed by atoms with Crippen molar-refractivity contribution < 1.29 is 9.53 Å². The molecule has 0 amide bonds. The zero-order chi connectivity index (χ0) is 13.8. The molecule has 0 aliphatic carbocycles. The van der Waals surface area contributed by atoms with E-state index in [1.165, 1.54) is 11.3 Å². The molecule has 2 rings (SSSR count). The second kappa shape index (κ2) is 6.48. The standard InChI is InChI=1S/C14H22N2O2S/c1-4-10(2)13-12(9-17)19-14(15-13)16-6-5-7-18-11(3)8-16/h9-11H,4-8H2,1-3H3. The van der Waals surface area contributed by atoms with Crippen LogP contribution in [0.2, 0.25) is 0 Å². The molecule has 2 atom stereocenters. The summed E-state index contributed by atoms with van der Waals surface area (Å²) in [4.78, 5) is 18.9. The Labute approximate surface area is 118 Å². The Hall–Kier alpha value is -0.940. The van der Waals surface area contributed by atoms with Gasteiger partial charge in [0.05, 0.1) is 16.7 Å². The predicted molar refractivity (Wildman–Crippen MR) is 78.5 cm³/mol. The summed E-state index contributed by atoms with van der Waals surface area (Å²) in [6.45, 7) is 8.95. The van der Waals surface area contributed by atoms with Crippen LogP contribution in [-0.2, 0) is 4.74 Å². The lowest BCUT2D eigenvalue weighted by Gasteiger charge is -2.21. The highest BCUT2D eigenvalue weighted by molar-refractivity contribution is 7.17. The van der Waals surface area contributed by atoms with Crippen LogP contribution in [0, 0.1) is 0 Å². The molecule has 19 heavy (non-hydrogen) atoms. The molecule has 0 radical (unpaired) electrons. The lowest BCUT2D eigenvalue weighted by molar-refractivity contribution is 0.0821. The molecule has 5 heteroatoms. The number of nitrogens with zero attached hydrogens (tertiary/aromatic N) is 2. The summed E-state index contributed by atoms with van der Waals surface area (Å²) in [5.41, 5.74) is 0.954. The Bertz CT molecular complexity index is 433. The molecule has 1 aliphatic rings. The van der Waals surface area contributed by atoms with Crippen molar-refractivity contribution in [1.29, 1.82) is 0 Å². The van der Waals surface area contributed by atoms with E-state index in [1.807, 2.05) is 0 Å². The van der Waals surface area contributed by atoms with Gasteiger partial charge in [-0.3, -0.25) is 4.79 Å². The maximum absolute atomic E-state index is 11.2. The summed E-state index contributed by atoms with van der Waals surface area (Å²) in [5.74, 6) is 0.339. The lowest BCUT2D eigenvalue weighted by Crippen LogP contribution is -2.30. The monoisotopic (exact) mass is 282 g/mol. The average molecular weight is 282 g/mol. The summed E-state index contributed by atoms with van der Waals surface area (Å²) in [7, 11) is 0. The Balaban J connectivity index is 2.24. The van der Waals surface area contributed by atoms with Gasteiger partial charge in [0, 0.05) is 19.7 Å². The first-order valence-electron chi connectivity index (χ1n) is 6.98. The Kier molecular flexibility index (Phi) is 4.93. The van der Waals surface area contributed by atoms with Crippen molar-refractivity contribution in [3.8, 4) is 0 Å². The van der Waals surface area contributed by atoms with E-state index in [0.717, 1.165) is 54.5 Å². The fourth-order valence-corrected chi connectivity index (χ4v) is 3.30. The van der Waals surface area contributed by atoms with Gasteiger partial charge in [0.2, 0.25) is 0 Å². The van der Waals surface area contributed by atoms with Crippen molar-refractivity contribution in [1.82, 2.24) is 4.98 Å². The summed E-state index contributed by atoms with van der Waals surface area (Å²) >= 11 is 1.51. The number of hydrogen-bond donors (Lipinski definition) is 0. The minimum atomic E-state index is 0.220. The van der Waals surface area contributed by atoms with Crippen molar-refractivity contribution in [3.05, 3.63) is 10.6 Å². The molecular weight excluding hydrogens is 260 g/mol. The SMILES string of the molecule is CCC(C)c1nc(N2CCCOC(C)C2)sc1C=O. The van der Waals surface area contributed by atoms with Crippen LogP contribution in [0.1, 0.15) is 54.9 Å². The van der Waals surface area contributed by atoms with Crippen molar-refractivity contribution in [2.75, 3.05) is 24.6 Å². The van der Waals surface area contributed by atoms with E-state index in [0.29, 0.717) is 5.92 Å². The number of rotatable bonds is 4. The number of carbonyl (C=O) groups excluding carboxylic acids is 1. The van der Waals surface area contributed by atoms with Gasteiger partial charge in [-0.1, -0.05) is 25.2 Å². The zero-order valence-electron chi connectivity index (χ0n) is 11.9. The average Bonchev–Trinajstić information content (AvgIpc) is 2.74. The Morgan fingerprint density at radius 3 is 3.11 bits per heavy atom. The molecule has 0 bridgehead atoms. The van der Waals surface area contributed by atoms with E-state index >= 15 is 0 Å². The minimum Gasteiger partial charge on any atom is -0.377 e. The molecule has 106 valence electrons. The summed E-state index contributed by atoms with van der Waals surface area (Å²) in [6, 6.07) is 0. The van der Waals surface area contributed by atoms with Gasteiger partial charge in [-0.05, 0) is 25.7 Å². The fraction of sp³-hybridized carbons (Fsp3) is 0.714. The third-order valence-electron chi connectivity index (χ3n) is 3.58. The molecule has 1 fully saturated rings. The maximum Gasteiger partial charge on any atom is 0.186 e. The first-order chi connectivity index (χ1) is 9.15. The minimum absolute atomic E-state index is 0.220. The highest BCUT2D eigenvalue weighted by Crippen LogP contribution is 2.31. The Morgan fingerprint density at radius 2 is 2.42 bits per heavy atom. The van der Waals surface area contributed by atoms with Crippen LogP contribution in [0.4, 0.5) is 5.13 Å². The number of ether oxygens (including phenoxy) is 1. The molecule has 0 spiro atoms. The third-order valence-corrected chi connectivity index (χ3v) is 4.64. The second-order valence-corrected chi connectivity index (χ2v) is 6.16. The van der Waals surface area contributed by atoms with E-state index in [1.54, 1.807) is 0 Å². The van der Waals surface area contributed by atoms with Gasteiger partial charge >= 0.3 is 0 Å². The third kappa shape index (κ3) is 3.34. The maximum atomic E-state index is 11.2. The van der Waals surface area contributed by atoms with Crippen LogP contribution in [0.5, 0.6) is 0 Å². The molecule has 2 unspecified atom stereocenters. The van der Waals surface area contributed by atoms with Crippen LogP contribution in [0.25, 0.3) is 0 Å². The molecular formula is C14H22N2O2S. The molecule has 1 aromatic rings. The normalized spacial score (nSPS) is 22.1. The van der Waals surface area contributed by atoms with Crippen LogP contribution in [0.3, 0.4) is 0 Å². The highest BCUT2D eigenvalue weighted by Gasteiger charge is 2.22. The van der Waals surface area contributed by atoms with E-state index in [9.17, 15) is 4.79 Å². The van der Waals surface area contributed by atoms with Gasteiger partial charge in [0.15, 0.2) is 11.4 Å². The lowest BCUT2D eigenvalue weighted by atomic mass is 10.0. The molecule has 0 aromatic carbocycles.